The molecule has 0 amide bonds. The van der Waals surface area contributed by atoms with Crippen molar-refractivity contribution < 1.29 is 5.11 Å². The van der Waals surface area contributed by atoms with E-state index in [4.69, 9.17) is 5.11 Å². The van der Waals surface area contributed by atoms with Gasteiger partial charge in [-0.2, -0.15) is 0 Å². The van der Waals surface area contributed by atoms with Crippen LogP contribution in [0.25, 0.3) is 0 Å². The summed E-state index contributed by atoms with van der Waals surface area (Å²) in [6, 6.07) is 5.33. The first-order valence-corrected chi connectivity index (χ1v) is 4.92. The average Bonchev–Trinajstić information content (AvgIpc) is 2.28. The highest BCUT2D eigenvalue weighted by atomic mass is 16.3. The van der Waals surface area contributed by atoms with Gasteiger partial charge in [0.15, 0.2) is 0 Å². The van der Waals surface area contributed by atoms with Gasteiger partial charge in [-0.3, -0.25) is 0 Å². The number of hydrogen-bond acceptors (Lipinski definition) is 3. The van der Waals surface area contributed by atoms with Crippen LogP contribution in [-0.2, 0) is 6.61 Å². The number of nitrogens with zero attached hydrogens (tertiary/aromatic N) is 1. The molecule has 1 N–H and O–H groups in total. The molecule has 0 bridgehead atoms. The van der Waals surface area contributed by atoms with Crippen LogP contribution in [0.2, 0.25) is 0 Å². The normalized spacial score (nSPS) is 13.0. The van der Waals surface area contributed by atoms with Crippen molar-refractivity contribution in [1.29, 1.82) is 0 Å². The maximum atomic E-state index is 10.4. The van der Waals surface area contributed by atoms with E-state index in [0.717, 1.165) is 5.56 Å². The van der Waals surface area contributed by atoms with Crippen molar-refractivity contribution >= 4 is 5.69 Å². The Morgan fingerprint density at radius 1 is 1.53 bits per heavy atom. The van der Waals surface area contributed by atoms with Crippen LogP contribution >= 0.6 is 0 Å². The number of benzene rings is 1. The first kappa shape index (κ1) is 11.6. The monoisotopic (exact) mass is 205 g/mol. The lowest BCUT2D eigenvalue weighted by molar-refractivity contribution is 0.282. The summed E-state index contributed by atoms with van der Waals surface area (Å²) >= 11 is 0. The molecule has 1 unspecified atom stereocenters. The van der Waals surface area contributed by atoms with E-state index in [-0.39, 0.29) is 12.5 Å². The SMILES string of the molecule is C/C=C/C(C)c1ccc(N=O)c(CO)c1. The van der Waals surface area contributed by atoms with E-state index in [1.165, 1.54) is 0 Å². The van der Waals surface area contributed by atoms with E-state index in [9.17, 15) is 4.91 Å². The van der Waals surface area contributed by atoms with Crippen molar-refractivity contribution in [3.05, 3.63) is 46.4 Å². The number of rotatable bonds is 4. The third-order valence-corrected chi connectivity index (χ3v) is 2.38. The molecule has 3 heteroatoms. The number of allylic oxidation sites excluding steroid dienone is 2. The molecule has 0 aliphatic heterocycles. The fourth-order valence-electron chi connectivity index (χ4n) is 1.50. The topological polar surface area (TPSA) is 49.7 Å². The number of nitroso groups, excluding NO2 is 1. The zero-order chi connectivity index (χ0) is 11.3. The number of hydrogen-bond donors (Lipinski definition) is 1. The first-order chi connectivity index (χ1) is 7.22. The molecule has 0 heterocycles. The van der Waals surface area contributed by atoms with Gasteiger partial charge in [0, 0.05) is 5.56 Å². The lowest BCUT2D eigenvalue weighted by Gasteiger charge is -2.09. The molecule has 1 atom stereocenters. The molecule has 0 fully saturated rings. The summed E-state index contributed by atoms with van der Waals surface area (Å²) in [5.41, 5.74) is 1.97. The van der Waals surface area contributed by atoms with E-state index in [0.29, 0.717) is 11.3 Å². The molecule has 0 aliphatic rings. The predicted molar refractivity (Wildman–Crippen MR) is 61.0 cm³/mol. The highest BCUT2D eigenvalue weighted by Crippen LogP contribution is 2.25. The molecule has 0 aliphatic carbocycles. The molecule has 1 rings (SSSR count). The lowest BCUT2D eigenvalue weighted by Crippen LogP contribution is -1.92. The molecule has 80 valence electrons. The van der Waals surface area contributed by atoms with Crippen LogP contribution in [0.4, 0.5) is 5.69 Å². The first-order valence-electron chi connectivity index (χ1n) is 4.92. The van der Waals surface area contributed by atoms with Gasteiger partial charge in [0.1, 0.15) is 5.69 Å². The minimum atomic E-state index is -0.155. The highest BCUT2D eigenvalue weighted by molar-refractivity contribution is 5.48. The third kappa shape index (κ3) is 2.73. The second-order valence-corrected chi connectivity index (χ2v) is 3.45. The lowest BCUT2D eigenvalue weighted by atomic mass is 9.98. The second kappa shape index (κ2) is 5.41. The fourth-order valence-corrected chi connectivity index (χ4v) is 1.50. The van der Waals surface area contributed by atoms with Crippen LogP contribution in [0.15, 0.2) is 35.5 Å². The van der Waals surface area contributed by atoms with E-state index < -0.39 is 0 Å². The van der Waals surface area contributed by atoms with Crippen molar-refractivity contribution in [3.63, 3.8) is 0 Å². The van der Waals surface area contributed by atoms with Gasteiger partial charge in [-0.15, -0.1) is 4.91 Å². The van der Waals surface area contributed by atoms with Crippen LogP contribution in [0.3, 0.4) is 0 Å². The van der Waals surface area contributed by atoms with Crippen molar-refractivity contribution in [1.82, 2.24) is 0 Å². The van der Waals surface area contributed by atoms with Crippen LogP contribution in [0.1, 0.15) is 30.9 Å². The number of aliphatic hydroxyl groups excluding tert-OH is 1. The Morgan fingerprint density at radius 3 is 2.80 bits per heavy atom. The molecule has 0 saturated heterocycles. The van der Waals surface area contributed by atoms with Gasteiger partial charge in [-0.1, -0.05) is 31.2 Å². The molecule has 1 aromatic carbocycles. The van der Waals surface area contributed by atoms with Crippen LogP contribution in [0, 0.1) is 4.91 Å². The highest BCUT2D eigenvalue weighted by Gasteiger charge is 2.06. The quantitative estimate of drug-likeness (QED) is 0.605. The summed E-state index contributed by atoms with van der Waals surface area (Å²) < 4.78 is 0. The molecular formula is C12H15NO2. The molecule has 0 radical (unpaired) electrons. The predicted octanol–water partition coefficient (Wildman–Crippen LogP) is 3.26. The summed E-state index contributed by atoms with van der Waals surface area (Å²) in [6.07, 6.45) is 4.04. The van der Waals surface area contributed by atoms with Crippen LogP contribution in [-0.4, -0.2) is 5.11 Å². The van der Waals surface area contributed by atoms with E-state index >= 15 is 0 Å². The molecule has 0 spiro atoms. The maximum absolute atomic E-state index is 10.4. The van der Waals surface area contributed by atoms with E-state index in [1.807, 2.05) is 25.1 Å². The number of aliphatic hydroxyl groups is 1. The Bertz CT molecular complexity index is 372. The Morgan fingerprint density at radius 2 is 2.27 bits per heavy atom. The van der Waals surface area contributed by atoms with Crippen molar-refractivity contribution in [3.8, 4) is 0 Å². The van der Waals surface area contributed by atoms with Gasteiger partial charge in [-0.05, 0) is 29.6 Å². The second-order valence-electron chi connectivity index (χ2n) is 3.45. The van der Waals surface area contributed by atoms with Crippen LogP contribution < -0.4 is 0 Å². The van der Waals surface area contributed by atoms with Gasteiger partial charge in [0.25, 0.3) is 0 Å². The van der Waals surface area contributed by atoms with Crippen molar-refractivity contribution in [2.75, 3.05) is 0 Å². The Labute approximate surface area is 89.4 Å². The molecule has 15 heavy (non-hydrogen) atoms. The molecule has 0 aromatic heterocycles. The van der Waals surface area contributed by atoms with Gasteiger partial charge in [-0.25, -0.2) is 0 Å². The molecule has 3 nitrogen and oxygen atoms in total. The van der Waals surface area contributed by atoms with Gasteiger partial charge >= 0.3 is 0 Å². The third-order valence-electron chi connectivity index (χ3n) is 2.38. The van der Waals surface area contributed by atoms with Crippen molar-refractivity contribution in [2.24, 2.45) is 5.18 Å². The Hall–Kier alpha value is -1.48. The van der Waals surface area contributed by atoms with Gasteiger partial charge in [0.2, 0.25) is 0 Å². The molecular weight excluding hydrogens is 190 g/mol. The largest absolute Gasteiger partial charge is 0.392 e. The zero-order valence-corrected chi connectivity index (χ0v) is 8.97. The summed E-state index contributed by atoms with van der Waals surface area (Å²) in [5, 5.41) is 11.9. The fraction of sp³-hybridized carbons (Fsp3) is 0.333. The summed E-state index contributed by atoms with van der Waals surface area (Å²) in [7, 11) is 0. The molecule has 0 saturated carbocycles. The minimum absolute atomic E-state index is 0.155. The van der Waals surface area contributed by atoms with Gasteiger partial charge < -0.3 is 5.11 Å². The standard InChI is InChI=1S/C12H15NO2/c1-3-4-9(2)10-5-6-12(13-15)11(7-10)8-14/h3-7,9,14H,8H2,1-2H3/b4-3+. The summed E-state index contributed by atoms with van der Waals surface area (Å²) in [5.74, 6) is 0.279. The summed E-state index contributed by atoms with van der Waals surface area (Å²) in [6.45, 7) is 3.87. The van der Waals surface area contributed by atoms with E-state index in [1.54, 1.807) is 6.07 Å². The smallest absolute Gasteiger partial charge is 0.113 e. The zero-order valence-electron chi connectivity index (χ0n) is 8.97. The van der Waals surface area contributed by atoms with Crippen LogP contribution in [0.5, 0.6) is 0 Å². The van der Waals surface area contributed by atoms with Crippen molar-refractivity contribution in [2.45, 2.75) is 26.4 Å². The summed E-state index contributed by atoms with van der Waals surface area (Å²) in [4.78, 5) is 10.4. The average molecular weight is 205 g/mol. The van der Waals surface area contributed by atoms with Gasteiger partial charge in [0.05, 0.1) is 6.61 Å². The maximum Gasteiger partial charge on any atom is 0.113 e. The Kier molecular flexibility index (Phi) is 4.18. The minimum Gasteiger partial charge on any atom is -0.392 e. The Balaban J connectivity index is 3.07. The molecule has 1 aromatic rings. The van der Waals surface area contributed by atoms with E-state index in [2.05, 4.69) is 18.2 Å².